The molecule has 0 fully saturated rings. The summed E-state index contributed by atoms with van der Waals surface area (Å²) < 4.78 is 6.71. The van der Waals surface area contributed by atoms with Crippen molar-refractivity contribution in [3.8, 4) is 5.75 Å². The number of rotatable bonds is 7. The maximum Gasteiger partial charge on any atom is 0.224 e. The molecule has 1 N–H and O–H groups in total. The summed E-state index contributed by atoms with van der Waals surface area (Å²) in [6.45, 7) is 6.69. The molecule has 0 spiro atoms. The Morgan fingerprint density at radius 3 is 2.46 bits per heavy atom. The van der Waals surface area contributed by atoms with Gasteiger partial charge in [-0.3, -0.25) is 4.79 Å². The van der Waals surface area contributed by atoms with Gasteiger partial charge in [0.15, 0.2) is 0 Å². The molecular formula is C20H24BrNO2. The Kier molecular flexibility index (Phi) is 6.85. The van der Waals surface area contributed by atoms with E-state index in [0.29, 0.717) is 19.4 Å². The highest BCUT2D eigenvalue weighted by Crippen LogP contribution is 2.26. The SMILES string of the molecule is CCc1ccc(OCCCC(=O)Nc2cc(C)cc(C)c2)c(Br)c1. The second kappa shape index (κ2) is 8.88. The van der Waals surface area contributed by atoms with Crippen LogP contribution < -0.4 is 10.1 Å². The Balaban J connectivity index is 1.76. The smallest absolute Gasteiger partial charge is 0.224 e. The van der Waals surface area contributed by atoms with Crippen LogP contribution in [-0.4, -0.2) is 12.5 Å². The molecule has 2 rings (SSSR count). The van der Waals surface area contributed by atoms with E-state index in [9.17, 15) is 4.79 Å². The minimum atomic E-state index is 0.0176. The number of carbonyl (C=O) groups excluding carboxylic acids is 1. The van der Waals surface area contributed by atoms with Crippen molar-refractivity contribution in [2.45, 2.75) is 40.0 Å². The molecule has 24 heavy (non-hydrogen) atoms. The second-order valence-corrected chi connectivity index (χ2v) is 6.85. The van der Waals surface area contributed by atoms with Crippen LogP contribution in [0.15, 0.2) is 40.9 Å². The van der Waals surface area contributed by atoms with Gasteiger partial charge in [0.05, 0.1) is 11.1 Å². The molecule has 2 aromatic rings. The summed E-state index contributed by atoms with van der Waals surface area (Å²) in [5, 5.41) is 2.94. The number of anilines is 1. The van der Waals surface area contributed by atoms with Gasteiger partial charge in [-0.1, -0.05) is 19.1 Å². The minimum Gasteiger partial charge on any atom is -0.492 e. The predicted molar refractivity (Wildman–Crippen MR) is 103 cm³/mol. The first-order chi connectivity index (χ1) is 11.5. The number of hydrogen-bond acceptors (Lipinski definition) is 2. The van der Waals surface area contributed by atoms with E-state index in [-0.39, 0.29) is 5.91 Å². The maximum atomic E-state index is 12.0. The molecule has 0 radical (unpaired) electrons. The van der Waals surface area contributed by atoms with E-state index in [4.69, 9.17) is 4.74 Å². The third kappa shape index (κ3) is 5.68. The number of amides is 1. The van der Waals surface area contributed by atoms with E-state index >= 15 is 0 Å². The maximum absolute atomic E-state index is 12.0. The average Bonchev–Trinajstić information content (AvgIpc) is 2.51. The highest BCUT2D eigenvalue weighted by molar-refractivity contribution is 9.10. The van der Waals surface area contributed by atoms with Crippen LogP contribution in [0.25, 0.3) is 0 Å². The molecule has 1 amide bonds. The quantitative estimate of drug-likeness (QED) is 0.641. The normalized spacial score (nSPS) is 10.5. The molecule has 0 aliphatic rings. The number of carbonyl (C=O) groups is 1. The zero-order valence-electron chi connectivity index (χ0n) is 14.5. The van der Waals surface area contributed by atoms with Crippen molar-refractivity contribution in [3.63, 3.8) is 0 Å². The third-order valence-electron chi connectivity index (χ3n) is 3.72. The first kappa shape index (κ1) is 18.5. The molecule has 0 aliphatic heterocycles. The molecule has 0 saturated heterocycles. The molecule has 4 heteroatoms. The van der Waals surface area contributed by atoms with Gasteiger partial charge in [-0.25, -0.2) is 0 Å². The average molecular weight is 390 g/mol. The van der Waals surface area contributed by atoms with Crippen molar-refractivity contribution in [3.05, 3.63) is 57.6 Å². The van der Waals surface area contributed by atoms with Gasteiger partial charge in [0.1, 0.15) is 5.75 Å². The molecule has 0 atom stereocenters. The summed E-state index contributed by atoms with van der Waals surface area (Å²) in [6, 6.07) is 12.2. The Bertz CT molecular complexity index is 693. The molecule has 2 aromatic carbocycles. The van der Waals surface area contributed by atoms with Crippen LogP contribution in [0.1, 0.15) is 36.5 Å². The standard InChI is InChI=1S/C20H24BrNO2/c1-4-16-7-8-19(18(21)13-16)24-9-5-6-20(23)22-17-11-14(2)10-15(3)12-17/h7-8,10-13H,4-6,9H2,1-3H3,(H,22,23). The number of hydrogen-bond donors (Lipinski definition) is 1. The highest BCUT2D eigenvalue weighted by Gasteiger charge is 2.05. The summed E-state index contributed by atoms with van der Waals surface area (Å²) in [5.41, 5.74) is 4.42. The van der Waals surface area contributed by atoms with Crippen LogP contribution in [-0.2, 0) is 11.2 Å². The molecule has 3 nitrogen and oxygen atoms in total. The lowest BCUT2D eigenvalue weighted by atomic mass is 10.1. The summed E-state index contributed by atoms with van der Waals surface area (Å²) in [6.07, 6.45) is 2.12. The molecule has 0 aliphatic carbocycles. The zero-order chi connectivity index (χ0) is 17.5. The third-order valence-corrected chi connectivity index (χ3v) is 4.34. The van der Waals surface area contributed by atoms with E-state index in [1.165, 1.54) is 5.56 Å². The first-order valence-electron chi connectivity index (χ1n) is 8.27. The number of aryl methyl sites for hydroxylation is 3. The Labute approximate surface area is 152 Å². The van der Waals surface area contributed by atoms with Gasteiger partial charge in [0.2, 0.25) is 5.91 Å². The molecule has 0 unspecified atom stereocenters. The van der Waals surface area contributed by atoms with Crippen molar-refractivity contribution in [2.75, 3.05) is 11.9 Å². The molecule has 128 valence electrons. The van der Waals surface area contributed by atoms with Gasteiger partial charge >= 0.3 is 0 Å². The van der Waals surface area contributed by atoms with Crippen LogP contribution in [0, 0.1) is 13.8 Å². The predicted octanol–water partition coefficient (Wildman–Crippen LogP) is 5.43. The summed E-state index contributed by atoms with van der Waals surface area (Å²) >= 11 is 3.52. The summed E-state index contributed by atoms with van der Waals surface area (Å²) in [5.74, 6) is 0.839. The first-order valence-corrected chi connectivity index (χ1v) is 9.06. The van der Waals surface area contributed by atoms with E-state index in [0.717, 1.165) is 33.5 Å². The van der Waals surface area contributed by atoms with Crippen LogP contribution >= 0.6 is 15.9 Å². The van der Waals surface area contributed by atoms with Gasteiger partial charge in [0, 0.05) is 12.1 Å². The Hall–Kier alpha value is -1.81. The lowest BCUT2D eigenvalue weighted by Crippen LogP contribution is -2.13. The molecule has 0 bridgehead atoms. The fourth-order valence-corrected chi connectivity index (χ4v) is 3.11. The Morgan fingerprint density at radius 1 is 1.12 bits per heavy atom. The zero-order valence-corrected chi connectivity index (χ0v) is 16.1. The minimum absolute atomic E-state index is 0.0176. The van der Waals surface area contributed by atoms with Gasteiger partial charge in [0.25, 0.3) is 0 Å². The van der Waals surface area contributed by atoms with Crippen LogP contribution in [0.5, 0.6) is 5.75 Å². The van der Waals surface area contributed by atoms with E-state index in [1.54, 1.807) is 0 Å². The van der Waals surface area contributed by atoms with Crippen molar-refractivity contribution < 1.29 is 9.53 Å². The molecule has 0 heterocycles. The largest absolute Gasteiger partial charge is 0.492 e. The molecule has 0 saturated carbocycles. The fraction of sp³-hybridized carbons (Fsp3) is 0.350. The van der Waals surface area contributed by atoms with Gasteiger partial charge in [-0.15, -0.1) is 0 Å². The van der Waals surface area contributed by atoms with Crippen LogP contribution in [0.2, 0.25) is 0 Å². The van der Waals surface area contributed by atoms with Crippen molar-refractivity contribution in [1.29, 1.82) is 0 Å². The van der Waals surface area contributed by atoms with E-state index in [1.807, 2.05) is 32.0 Å². The van der Waals surface area contributed by atoms with Gasteiger partial charge in [-0.2, -0.15) is 0 Å². The topological polar surface area (TPSA) is 38.3 Å². The van der Waals surface area contributed by atoms with Gasteiger partial charge < -0.3 is 10.1 Å². The molecular weight excluding hydrogens is 366 g/mol. The lowest BCUT2D eigenvalue weighted by molar-refractivity contribution is -0.116. The van der Waals surface area contributed by atoms with Crippen molar-refractivity contribution in [1.82, 2.24) is 0 Å². The summed E-state index contributed by atoms with van der Waals surface area (Å²) in [7, 11) is 0. The Morgan fingerprint density at radius 2 is 1.83 bits per heavy atom. The van der Waals surface area contributed by atoms with E-state index in [2.05, 4.69) is 46.4 Å². The monoisotopic (exact) mass is 389 g/mol. The number of ether oxygens (including phenoxy) is 1. The van der Waals surface area contributed by atoms with Crippen LogP contribution in [0.3, 0.4) is 0 Å². The number of nitrogens with one attached hydrogen (secondary N) is 1. The molecule has 0 aromatic heterocycles. The van der Waals surface area contributed by atoms with Crippen molar-refractivity contribution >= 4 is 27.5 Å². The fourth-order valence-electron chi connectivity index (χ4n) is 2.57. The van der Waals surface area contributed by atoms with Gasteiger partial charge in [-0.05, 0) is 83.6 Å². The number of halogens is 1. The van der Waals surface area contributed by atoms with Crippen molar-refractivity contribution in [2.24, 2.45) is 0 Å². The second-order valence-electron chi connectivity index (χ2n) is 5.99. The summed E-state index contributed by atoms with van der Waals surface area (Å²) in [4.78, 5) is 12.0. The highest BCUT2D eigenvalue weighted by atomic mass is 79.9. The lowest BCUT2D eigenvalue weighted by Gasteiger charge is -2.10. The van der Waals surface area contributed by atoms with E-state index < -0.39 is 0 Å². The number of benzene rings is 2. The van der Waals surface area contributed by atoms with Crippen LogP contribution in [0.4, 0.5) is 5.69 Å².